The number of amides is 1. The number of halogens is 2. The van der Waals surface area contributed by atoms with Gasteiger partial charge in [-0.3, -0.25) is 9.59 Å². The van der Waals surface area contributed by atoms with Crippen molar-refractivity contribution in [2.24, 2.45) is 5.92 Å². The first kappa shape index (κ1) is 32.3. The summed E-state index contributed by atoms with van der Waals surface area (Å²) < 4.78 is 5.53. The summed E-state index contributed by atoms with van der Waals surface area (Å²) in [6.45, 7) is 8.02. The minimum Gasteiger partial charge on any atom is -0.481 e. The van der Waals surface area contributed by atoms with Crippen molar-refractivity contribution in [1.29, 1.82) is 0 Å². The van der Waals surface area contributed by atoms with E-state index in [4.69, 9.17) is 37.8 Å². The smallest absolute Gasteiger partial charge is 0.300 e. The van der Waals surface area contributed by atoms with E-state index in [2.05, 4.69) is 11.8 Å². The Balaban J connectivity index is 0.000000412. The molecule has 5 nitrogen and oxygen atoms in total. The molecule has 2 atom stereocenters. The van der Waals surface area contributed by atoms with E-state index in [1.165, 1.54) is 18.6 Å². The zero-order valence-corrected chi connectivity index (χ0v) is 24.0. The van der Waals surface area contributed by atoms with E-state index < -0.39 is 5.97 Å². The average Bonchev–Trinajstić information content (AvgIpc) is 3.69. The molecule has 36 heavy (non-hydrogen) atoms. The number of carbonyl (C=O) groups is 2. The molecule has 4 rings (SSSR count). The van der Waals surface area contributed by atoms with Crippen LogP contribution in [0, 0.1) is 5.92 Å². The van der Waals surface area contributed by atoms with Crippen LogP contribution in [0.5, 0.6) is 0 Å². The van der Waals surface area contributed by atoms with Gasteiger partial charge in [-0.15, -0.1) is 0 Å². The first-order valence-corrected chi connectivity index (χ1v) is 14.3. The first-order chi connectivity index (χ1) is 17.3. The molecule has 1 N–H and O–H groups in total. The molecule has 1 saturated carbocycles. The number of thioether (sulfide) groups is 1. The van der Waals surface area contributed by atoms with Crippen LogP contribution in [0.15, 0.2) is 54.6 Å². The highest BCUT2D eigenvalue weighted by atomic mass is 35.5. The van der Waals surface area contributed by atoms with Crippen molar-refractivity contribution >= 4 is 46.8 Å². The van der Waals surface area contributed by atoms with Crippen LogP contribution >= 0.6 is 35.0 Å². The highest BCUT2D eigenvalue weighted by molar-refractivity contribution is 7.99. The number of nitrogens with zero attached hydrogens (tertiary/aromatic N) is 1. The van der Waals surface area contributed by atoms with Gasteiger partial charge in [0, 0.05) is 28.8 Å². The van der Waals surface area contributed by atoms with Crippen LogP contribution < -0.4 is 0 Å². The topological polar surface area (TPSA) is 66.8 Å². The first-order valence-electron chi connectivity index (χ1n) is 12.4. The third-order valence-electron chi connectivity index (χ3n) is 5.34. The number of carboxylic acid groups (broad SMARTS) is 1. The lowest BCUT2D eigenvalue weighted by molar-refractivity contribution is -0.151. The average molecular weight is 557 g/mol. The number of ether oxygens (including phenoxy) is 1. The zero-order valence-electron chi connectivity index (χ0n) is 21.7. The minimum atomic E-state index is -0.833. The normalized spacial score (nSPS) is 17.3. The molecule has 0 radical (unpaired) electrons. The van der Waals surface area contributed by atoms with Crippen LogP contribution in [0.3, 0.4) is 0 Å². The zero-order chi connectivity index (χ0) is 26.9. The maximum atomic E-state index is 12.5. The molecule has 0 unspecified atom stereocenters. The number of benzene rings is 2. The van der Waals surface area contributed by atoms with E-state index in [1.54, 1.807) is 0 Å². The molecule has 2 aromatic carbocycles. The van der Waals surface area contributed by atoms with Crippen molar-refractivity contribution in [2.75, 3.05) is 24.7 Å². The fourth-order valence-electron chi connectivity index (χ4n) is 3.45. The summed E-state index contributed by atoms with van der Waals surface area (Å²) >= 11 is 13.5. The second kappa shape index (κ2) is 18.5. The number of aliphatic carboxylic acids is 1. The van der Waals surface area contributed by atoms with Gasteiger partial charge in [-0.2, -0.15) is 11.8 Å². The van der Waals surface area contributed by atoms with Crippen LogP contribution in [0.4, 0.5) is 0 Å². The van der Waals surface area contributed by atoms with Gasteiger partial charge >= 0.3 is 0 Å². The number of hydrogen-bond donors (Lipinski definition) is 1. The standard InChI is InChI=1S/C18H24ClNO2S.C6H5Cl.C2H4O2.C2H6/c1-2-16(12-23-11-13-3-4-13)20-17(9-22-10-18(20)21)14-5-7-15(19)8-6-14;7-6-4-2-1-3-5-6;1-2(3)4;1-2/h5-8,13,16-17H,2-4,9-12H2,1H3;1-5H;1H3,(H,3,4);1-2H3/t16-,17-;;;/m0.../s1. The van der Waals surface area contributed by atoms with Crippen molar-refractivity contribution < 1.29 is 19.4 Å². The summed E-state index contributed by atoms with van der Waals surface area (Å²) in [6.07, 6.45) is 3.74. The molecule has 200 valence electrons. The minimum absolute atomic E-state index is 0.00000772. The van der Waals surface area contributed by atoms with Crippen molar-refractivity contribution in [3.63, 3.8) is 0 Å². The quantitative estimate of drug-likeness (QED) is 0.380. The summed E-state index contributed by atoms with van der Waals surface area (Å²) in [5.74, 6) is 2.45. The van der Waals surface area contributed by atoms with Crippen molar-refractivity contribution in [3.8, 4) is 0 Å². The molecular weight excluding hydrogens is 517 g/mol. The number of morpholine rings is 1. The van der Waals surface area contributed by atoms with Gasteiger partial charge in [0.1, 0.15) is 6.61 Å². The van der Waals surface area contributed by atoms with Crippen LogP contribution in [0.2, 0.25) is 10.0 Å². The largest absolute Gasteiger partial charge is 0.481 e. The van der Waals surface area contributed by atoms with Crippen LogP contribution in [0.25, 0.3) is 0 Å². The number of rotatable bonds is 7. The fraction of sp³-hybridized carbons (Fsp3) is 0.500. The Hall–Kier alpha value is -1.73. The Bertz CT molecular complexity index is 875. The van der Waals surface area contributed by atoms with Crippen molar-refractivity contribution in [2.45, 2.75) is 59.0 Å². The van der Waals surface area contributed by atoms with E-state index in [-0.39, 0.29) is 24.6 Å². The van der Waals surface area contributed by atoms with E-state index in [9.17, 15) is 4.79 Å². The van der Waals surface area contributed by atoms with Crippen molar-refractivity contribution in [1.82, 2.24) is 4.90 Å². The molecule has 1 amide bonds. The molecule has 1 heterocycles. The number of carbonyl (C=O) groups excluding carboxylic acids is 1. The summed E-state index contributed by atoms with van der Waals surface area (Å²) in [4.78, 5) is 23.6. The molecular formula is C28H39Cl2NO4S. The molecule has 2 fully saturated rings. The van der Waals surface area contributed by atoms with Gasteiger partial charge in [0.25, 0.3) is 5.97 Å². The van der Waals surface area contributed by atoms with Crippen LogP contribution in [-0.4, -0.2) is 52.6 Å². The predicted octanol–water partition coefficient (Wildman–Crippen LogP) is 7.62. The van der Waals surface area contributed by atoms with Gasteiger partial charge in [0.2, 0.25) is 5.91 Å². The monoisotopic (exact) mass is 555 g/mol. The van der Waals surface area contributed by atoms with Gasteiger partial charge in [0.05, 0.1) is 12.6 Å². The predicted molar refractivity (Wildman–Crippen MR) is 152 cm³/mol. The Kier molecular flexibility index (Phi) is 16.6. The SMILES string of the molecule is CC.CC(=O)O.CC[C@@H](CSCC1CC1)N1C(=O)COC[C@H]1c1ccc(Cl)cc1.Clc1ccccc1. The molecule has 0 spiro atoms. The van der Waals surface area contributed by atoms with Gasteiger partial charge < -0.3 is 14.7 Å². The molecule has 2 aliphatic rings. The van der Waals surface area contributed by atoms with Crippen molar-refractivity contribution in [3.05, 3.63) is 70.2 Å². The van der Waals surface area contributed by atoms with E-state index in [0.29, 0.717) is 6.61 Å². The third-order valence-corrected chi connectivity index (χ3v) is 7.17. The molecule has 1 saturated heterocycles. The molecule has 0 aromatic heterocycles. The lowest BCUT2D eigenvalue weighted by Gasteiger charge is -2.41. The third kappa shape index (κ3) is 13.0. The van der Waals surface area contributed by atoms with Gasteiger partial charge in [0.15, 0.2) is 0 Å². The van der Waals surface area contributed by atoms with E-state index >= 15 is 0 Å². The maximum absolute atomic E-state index is 12.5. The summed E-state index contributed by atoms with van der Waals surface area (Å²) in [7, 11) is 0. The van der Waals surface area contributed by atoms with Crippen LogP contribution in [0.1, 0.15) is 58.6 Å². The molecule has 0 bridgehead atoms. The molecule has 1 aliphatic carbocycles. The second-order valence-electron chi connectivity index (χ2n) is 8.24. The fourth-order valence-corrected chi connectivity index (χ4v) is 5.19. The van der Waals surface area contributed by atoms with Gasteiger partial charge in [-0.25, -0.2) is 0 Å². The summed E-state index contributed by atoms with van der Waals surface area (Å²) in [5.41, 5.74) is 1.10. The number of hydrogen-bond acceptors (Lipinski definition) is 4. The Morgan fingerprint density at radius 1 is 1.08 bits per heavy atom. The summed E-state index contributed by atoms with van der Waals surface area (Å²) in [5, 5.41) is 8.93. The second-order valence-corrected chi connectivity index (χ2v) is 10.2. The summed E-state index contributed by atoms with van der Waals surface area (Å²) in [6, 6.07) is 17.5. The lowest BCUT2D eigenvalue weighted by Crippen LogP contribution is -2.50. The Labute approximate surface area is 230 Å². The molecule has 2 aromatic rings. The highest BCUT2D eigenvalue weighted by Crippen LogP contribution is 2.34. The Morgan fingerprint density at radius 3 is 2.11 bits per heavy atom. The molecule has 8 heteroatoms. The Morgan fingerprint density at radius 2 is 1.64 bits per heavy atom. The maximum Gasteiger partial charge on any atom is 0.300 e. The molecule has 1 aliphatic heterocycles. The number of carboxylic acids is 1. The van der Waals surface area contributed by atoms with E-state index in [1.807, 2.05) is 80.2 Å². The van der Waals surface area contributed by atoms with E-state index in [0.717, 1.165) is 40.6 Å². The van der Waals surface area contributed by atoms with Gasteiger partial charge in [-0.05, 0) is 60.8 Å². The lowest BCUT2D eigenvalue weighted by atomic mass is 10.0. The van der Waals surface area contributed by atoms with Gasteiger partial charge in [-0.1, -0.05) is 74.3 Å². The van der Waals surface area contributed by atoms with Crippen LogP contribution in [-0.2, 0) is 14.3 Å². The highest BCUT2D eigenvalue weighted by Gasteiger charge is 2.34.